The highest BCUT2D eigenvalue weighted by atomic mass is 19.4. The summed E-state index contributed by atoms with van der Waals surface area (Å²) in [5.74, 6) is 0.469. The van der Waals surface area contributed by atoms with Crippen LogP contribution in [-0.2, 0) is 17.4 Å². The number of nitrogens with one attached hydrogen (secondary N) is 1. The quantitative estimate of drug-likeness (QED) is 0.689. The predicted molar refractivity (Wildman–Crippen MR) is 93.9 cm³/mol. The molecule has 0 fully saturated rings. The molecule has 0 spiro atoms. The second kappa shape index (κ2) is 8.20. The molecular formula is C19H17F3N4O2. The van der Waals surface area contributed by atoms with Crippen molar-refractivity contribution in [3.63, 3.8) is 0 Å². The van der Waals surface area contributed by atoms with Crippen molar-refractivity contribution in [2.75, 3.05) is 0 Å². The van der Waals surface area contributed by atoms with E-state index in [1.165, 1.54) is 12.1 Å². The molecule has 1 atom stereocenters. The minimum atomic E-state index is -4.38. The van der Waals surface area contributed by atoms with Crippen molar-refractivity contribution in [3.8, 4) is 11.4 Å². The van der Waals surface area contributed by atoms with Gasteiger partial charge in [-0.25, -0.2) is 0 Å². The highest BCUT2D eigenvalue weighted by Gasteiger charge is 2.30. The van der Waals surface area contributed by atoms with Crippen molar-refractivity contribution in [3.05, 3.63) is 65.8 Å². The molecule has 3 aromatic rings. The summed E-state index contributed by atoms with van der Waals surface area (Å²) in [7, 11) is 0. The number of carbonyl (C=O) groups excluding carboxylic acids is 1. The van der Waals surface area contributed by atoms with Gasteiger partial charge in [0.25, 0.3) is 0 Å². The maximum Gasteiger partial charge on any atom is 0.416 e. The smallest absolute Gasteiger partial charge is 0.350 e. The Labute approximate surface area is 158 Å². The summed E-state index contributed by atoms with van der Waals surface area (Å²) in [5.41, 5.74) is 0.612. The van der Waals surface area contributed by atoms with Gasteiger partial charge in [0, 0.05) is 30.8 Å². The van der Waals surface area contributed by atoms with Crippen molar-refractivity contribution < 1.29 is 22.5 Å². The number of benzene rings is 1. The number of hydrogen-bond acceptors (Lipinski definition) is 5. The first kappa shape index (κ1) is 19.5. The molecule has 0 aliphatic carbocycles. The van der Waals surface area contributed by atoms with Crippen molar-refractivity contribution >= 4 is 5.91 Å². The van der Waals surface area contributed by atoms with Crippen LogP contribution >= 0.6 is 0 Å². The number of carbonyl (C=O) groups is 1. The highest BCUT2D eigenvalue weighted by molar-refractivity contribution is 5.76. The Hall–Kier alpha value is -3.23. The molecule has 0 aliphatic heterocycles. The Morgan fingerprint density at radius 1 is 1.14 bits per heavy atom. The molecule has 2 heterocycles. The van der Waals surface area contributed by atoms with Crippen molar-refractivity contribution in [2.45, 2.75) is 32.0 Å². The molecule has 9 heteroatoms. The Kier molecular flexibility index (Phi) is 5.72. The number of alkyl halides is 3. The van der Waals surface area contributed by atoms with Crippen LogP contribution in [0.25, 0.3) is 11.4 Å². The Bertz CT molecular complexity index is 924. The maximum atomic E-state index is 12.6. The van der Waals surface area contributed by atoms with Crippen LogP contribution < -0.4 is 5.32 Å². The third kappa shape index (κ3) is 4.93. The summed E-state index contributed by atoms with van der Waals surface area (Å²) in [6, 6.07) is 7.76. The van der Waals surface area contributed by atoms with Gasteiger partial charge in [0.15, 0.2) is 0 Å². The minimum absolute atomic E-state index is 0.114. The number of aryl methyl sites for hydroxylation is 1. The van der Waals surface area contributed by atoms with Crippen LogP contribution in [0.5, 0.6) is 0 Å². The Morgan fingerprint density at radius 3 is 2.46 bits per heavy atom. The second-order valence-corrected chi connectivity index (χ2v) is 6.16. The zero-order chi connectivity index (χ0) is 20.1. The average Bonchev–Trinajstić information content (AvgIpc) is 3.15. The van der Waals surface area contributed by atoms with Gasteiger partial charge in [0.1, 0.15) is 0 Å². The lowest BCUT2D eigenvalue weighted by Crippen LogP contribution is -2.26. The normalized spacial score (nSPS) is 12.6. The summed E-state index contributed by atoms with van der Waals surface area (Å²) in [6.45, 7) is 1.70. The SMILES string of the molecule is CC(NC(=O)CCc1nc(-c2ccncc2)no1)c1ccc(C(F)(F)F)cc1. The second-order valence-electron chi connectivity index (χ2n) is 6.16. The lowest BCUT2D eigenvalue weighted by Gasteiger charge is -2.15. The number of rotatable bonds is 6. The molecule has 0 saturated carbocycles. The molecule has 1 amide bonds. The average molecular weight is 390 g/mol. The zero-order valence-electron chi connectivity index (χ0n) is 14.9. The predicted octanol–water partition coefficient (Wildman–Crippen LogP) is 3.96. The summed E-state index contributed by atoms with van der Waals surface area (Å²) in [4.78, 5) is 20.3. The van der Waals surface area contributed by atoms with E-state index in [9.17, 15) is 18.0 Å². The van der Waals surface area contributed by atoms with Crippen molar-refractivity contribution in [2.24, 2.45) is 0 Å². The first-order valence-electron chi connectivity index (χ1n) is 8.52. The first-order valence-corrected chi connectivity index (χ1v) is 8.52. The van der Waals surface area contributed by atoms with E-state index >= 15 is 0 Å². The summed E-state index contributed by atoms with van der Waals surface area (Å²) < 4.78 is 43.0. The van der Waals surface area contributed by atoms with E-state index in [1.807, 2.05) is 0 Å². The van der Waals surface area contributed by atoms with E-state index in [-0.39, 0.29) is 18.7 Å². The first-order chi connectivity index (χ1) is 13.3. The van der Waals surface area contributed by atoms with Gasteiger partial charge in [-0.2, -0.15) is 18.2 Å². The molecule has 0 bridgehead atoms. The van der Waals surface area contributed by atoms with Crippen LogP contribution in [-0.4, -0.2) is 21.0 Å². The number of halogens is 3. The lowest BCUT2D eigenvalue weighted by molar-refractivity contribution is -0.137. The molecule has 3 rings (SSSR count). The summed E-state index contributed by atoms with van der Waals surface area (Å²) >= 11 is 0. The number of pyridine rings is 1. The fourth-order valence-electron chi connectivity index (χ4n) is 2.55. The molecule has 28 heavy (non-hydrogen) atoms. The Balaban J connectivity index is 1.52. The van der Waals surface area contributed by atoms with Gasteiger partial charge in [-0.1, -0.05) is 17.3 Å². The van der Waals surface area contributed by atoms with Gasteiger partial charge in [0.2, 0.25) is 17.6 Å². The van der Waals surface area contributed by atoms with Crippen LogP contribution in [0.4, 0.5) is 13.2 Å². The van der Waals surface area contributed by atoms with Gasteiger partial charge in [-0.05, 0) is 36.8 Å². The van der Waals surface area contributed by atoms with Crippen molar-refractivity contribution in [1.29, 1.82) is 0 Å². The third-order valence-corrected chi connectivity index (χ3v) is 4.09. The van der Waals surface area contributed by atoms with Gasteiger partial charge in [-0.3, -0.25) is 9.78 Å². The largest absolute Gasteiger partial charge is 0.416 e. The van der Waals surface area contributed by atoms with E-state index < -0.39 is 17.8 Å². The van der Waals surface area contributed by atoms with E-state index in [0.29, 0.717) is 17.3 Å². The van der Waals surface area contributed by atoms with Crippen LogP contribution in [0.15, 0.2) is 53.3 Å². The van der Waals surface area contributed by atoms with Gasteiger partial charge < -0.3 is 9.84 Å². The molecule has 0 radical (unpaired) electrons. The van der Waals surface area contributed by atoms with Gasteiger partial charge >= 0.3 is 6.18 Å². The van der Waals surface area contributed by atoms with E-state index in [1.54, 1.807) is 31.5 Å². The molecular weight excluding hydrogens is 373 g/mol. The van der Waals surface area contributed by atoms with Gasteiger partial charge in [-0.15, -0.1) is 0 Å². The van der Waals surface area contributed by atoms with E-state index in [2.05, 4.69) is 20.4 Å². The molecule has 0 aliphatic rings. The molecule has 6 nitrogen and oxygen atoms in total. The minimum Gasteiger partial charge on any atom is -0.350 e. The fraction of sp³-hybridized carbons (Fsp3) is 0.263. The number of aromatic nitrogens is 3. The molecule has 146 valence electrons. The number of hydrogen-bond donors (Lipinski definition) is 1. The standard InChI is InChI=1S/C19H17F3N4O2/c1-12(13-2-4-15(5-3-13)19(20,21)22)24-16(27)6-7-17-25-18(26-28-17)14-8-10-23-11-9-14/h2-5,8-12H,6-7H2,1H3,(H,24,27). The van der Waals surface area contributed by atoms with Crippen LogP contribution in [0, 0.1) is 0 Å². The molecule has 1 aromatic carbocycles. The van der Waals surface area contributed by atoms with Crippen LogP contribution in [0.3, 0.4) is 0 Å². The fourth-order valence-corrected chi connectivity index (χ4v) is 2.55. The lowest BCUT2D eigenvalue weighted by atomic mass is 10.1. The number of amides is 1. The third-order valence-electron chi connectivity index (χ3n) is 4.09. The van der Waals surface area contributed by atoms with Crippen molar-refractivity contribution in [1.82, 2.24) is 20.4 Å². The monoisotopic (exact) mass is 390 g/mol. The van der Waals surface area contributed by atoms with E-state index in [0.717, 1.165) is 17.7 Å². The summed E-state index contributed by atoms with van der Waals surface area (Å²) in [6.07, 6.45) is -0.792. The van der Waals surface area contributed by atoms with Crippen LogP contribution in [0.2, 0.25) is 0 Å². The van der Waals surface area contributed by atoms with Crippen LogP contribution in [0.1, 0.15) is 36.4 Å². The van der Waals surface area contributed by atoms with E-state index in [4.69, 9.17) is 4.52 Å². The highest BCUT2D eigenvalue weighted by Crippen LogP contribution is 2.29. The summed E-state index contributed by atoms with van der Waals surface area (Å²) in [5, 5.41) is 6.61. The molecule has 2 aromatic heterocycles. The molecule has 1 N–H and O–H groups in total. The molecule has 1 unspecified atom stereocenters. The zero-order valence-corrected chi connectivity index (χ0v) is 14.9. The number of nitrogens with zero attached hydrogens (tertiary/aromatic N) is 3. The topological polar surface area (TPSA) is 80.9 Å². The van der Waals surface area contributed by atoms with Gasteiger partial charge in [0.05, 0.1) is 11.6 Å². The molecule has 0 saturated heterocycles. The Morgan fingerprint density at radius 2 is 1.82 bits per heavy atom. The maximum absolute atomic E-state index is 12.6.